The van der Waals surface area contributed by atoms with Crippen LogP contribution in [0.5, 0.6) is 0 Å². The summed E-state index contributed by atoms with van der Waals surface area (Å²) in [6.45, 7) is 23.2. The first kappa shape index (κ1) is 45.3. The van der Waals surface area contributed by atoms with Gasteiger partial charge >= 0.3 is 0 Å². The van der Waals surface area contributed by atoms with Crippen molar-refractivity contribution in [3.63, 3.8) is 0 Å². The minimum Gasteiger partial charge on any atom is -0.310 e. The number of rotatable bonds is 4. The molecule has 13 rings (SSSR count). The maximum Gasteiger partial charge on any atom is 0.0507 e. The van der Waals surface area contributed by atoms with E-state index < -0.39 is 0 Å². The molecule has 4 aliphatic rings. The Bertz CT molecular complexity index is 3350. The average molecular weight is 937 g/mol. The second kappa shape index (κ2) is 16.4. The van der Waals surface area contributed by atoms with Crippen molar-refractivity contribution in [3.05, 3.63) is 251 Å². The number of nitrogens with zero attached hydrogens (tertiary/aromatic N) is 4. The molecule has 72 heavy (non-hydrogen) atoms. The Balaban J connectivity index is 0.00000262. The highest BCUT2D eigenvalue weighted by Crippen LogP contribution is 2.61. The lowest BCUT2D eigenvalue weighted by atomic mass is 9.68. The average Bonchev–Trinajstić information content (AvgIpc) is 3.40. The van der Waals surface area contributed by atoms with Gasteiger partial charge in [0.15, 0.2) is 0 Å². The first-order chi connectivity index (χ1) is 34.8. The van der Waals surface area contributed by atoms with E-state index in [9.17, 15) is 0 Å². The molecule has 0 spiro atoms. The fourth-order valence-electron chi connectivity index (χ4n) is 12.8. The van der Waals surface area contributed by atoms with Gasteiger partial charge in [-0.3, -0.25) is 0 Å². The molecule has 0 aromatic heterocycles. The quantitative estimate of drug-likeness (QED) is 0.174. The second-order valence-corrected chi connectivity index (χ2v) is 21.9. The highest BCUT2D eigenvalue weighted by atomic mass is 15.2. The molecular formula is C68H64N4. The second-order valence-electron chi connectivity index (χ2n) is 21.9. The first-order valence-electron chi connectivity index (χ1n) is 25.9. The Morgan fingerprint density at radius 2 is 0.431 bits per heavy atom. The molecule has 0 atom stereocenters. The molecule has 4 heterocycles. The highest BCUT2D eigenvalue weighted by molar-refractivity contribution is 5.96. The van der Waals surface area contributed by atoms with E-state index in [1.165, 1.54) is 90.0 Å². The van der Waals surface area contributed by atoms with Crippen molar-refractivity contribution in [1.82, 2.24) is 0 Å². The van der Waals surface area contributed by atoms with Crippen molar-refractivity contribution in [2.75, 3.05) is 19.6 Å². The van der Waals surface area contributed by atoms with Crippen molar-refractivity contribution >= 4 is 68.2 Å². The zero-order valence-corrected chi connectivity index (χ0v) is 43.4. The Morgan fingerprint density at radius 3 is 0.708 bits per heavy atom. The molecule has 9 aromatic carbocycles. The summed E-state index contributed by atoms with van der Waals surface area (Å²) >= 11 is 0. The molecule has 0 fully saturated rings. The van der Waals surface area contributed by atoms with Gasteiger partial charge in [0, 0.05) is 44.4 Å². The maximum atomic E-state index is 2.55. The van der Waals surface area contributed by atoms with Crippen LogP contribution in [0.3, 0.4) is 0 Å². The Morgan fingerprint density at radius 1 is 0.208 bits per heavy atom. The molecule has 0 saturated carbocycles. The zero-order valence-electron chi connectivity index (χ0n) is 43.4. The standard InChI is InChI=1S/C66H58N4.C2H6/c1-63(2)47-30-15-19-34-55(47)67(43-24-11-9-12-25-43)59-39-53-61(41-51(59)63)69(57-36-21-17-32-49(57)65(53,5)6)45-28-23-29-46(38-45)70-58-37-22-18-33-50(58)66(7,8)54-40-60-52(42-62(54)70)64(3,4)48-31-16-20-35-56(48)68(60)44-26-13-10-14-27-44;1-2/h9-42H,1-8H3;1-2H3. The summed E-state index contributed by atoms with van der Waals surface area (Å²) in [5.74, 6) is 0. The number of fused-ring (bicyclic) bond motifs is 8. The monoisotopic (exact) mass is 937 g/mol. The van der Waals surface area contributed by atoms with E-state index >= 15 is 0 Å². The van der Waals surface area contributed by atoms with Crippen molar-refractivity contribution in [1.29, 1.82) is 0 Å². The van der Waals surface area contributed by atoms with Crippen molar-refractivity contribution in [2.45, 2.75) is 90.9 Å². The van der Waals surface area contributed by atoms with Gasteiger partial charge in [0.05, 0.1) is 45.5 Å². The van der Waals surface area contributed by atoms with E-state index in [4.69, 9.17) is 0 Å². The van der Waals surface area contributed by atoms with Crippen LogP contribution in [0.15, 0.2) is 206 Å². The maximum absolute atomic E-state index is 2.55. The van der Waals surface area contributed by atoms with Crippen LogP contribution in [0.2, 0.25) is 0 Å². The van der Waals surface area contributed by atoms with Crippen molar-refractivity contribution in [3.8, 4) is 0 Å². The van der Waals surface area contributed by atoms with Gasteiger partial charge in [-0.1, -0.05) is 184 Å². The van der Waals surface area contributed by atoms with E-state index in [-0.39, 0.29) is 21.7 Å². The predicted octanol–water partition coefficient (Wildman–Crippen LogP) is 19.1. The number of para-hydroxylation sites is 6. The highest BCUT2D eigenvalue weighted by Gasteiger charge is 2.45. The Labute approximate surface area is 427 Å². The van der Waals surface area contributed by atoms with Crippen LogP contribution < -0.4 is 19.6 Å². The fraction of sp³-hybridized carbons (Fsp3) is 0.206. The molecule has 0 radical (unpaired) electrons. The number of anilines is 12. The van der Waals surface area contributed by atoms with Crippen molar-refractivity contribution in [2.24, 2.45) is 0 Å². The van der Waals surface area contributed by atoms with E-state index in [2.05, 4.69) is 281 Å². The van der Waals surface area contributed by atoms with Crippen LogP contribution in [0, 0.1) is 0 Å². The summed E-state index contributed by atoms with van der Waals surface area (Å²) in [5, 5.41) is 0. The minimum absolute atomic E-state index is 0.265. The van der Waals surface area contributed by atoms with Crippen LogP contribution in [0.1, 0.15) is 114 Å². The van der Waals surface area contributed by atoms with Gasteiger partial charge < -0.3 is 19.6 Å². The zero-order chi connectivity index (χ0) is 49.9. The van der Waals surface area contributed by atoms with Gasteiger partial charge in [0.25, 0.3) is 0 Å². The van der Waals surface area contributed by atoms with Gasteiger partial charge in [-0.2, -0.15) is 0 Å². The summed E-state index contributed by atoms with van der Waals surface area (Å²) in [6, 6.07) is 77.3. The lowest BCUT2D eigenvalue weighted by Crippen LogP contribution is -2.35. The molecule has 4 aliphatic heterocycles. The minimum atomic E-state index is -0.285. The molecule has 356 valence electrons. The first-order valence-corrected chi connectivity index (χ1v) is 25.9. The molecule has 4 nitrogen and oxygen atoms in total. The van der Waals surface area contributed by atoms with Gasteiger partial charge in [-0.15, -0.1) is 0 Å². The van der Waals surface area contributed by atoms with Crippen molar-refractivity contribution < 1.29 is 0 Å². The fourth-order valence-corrected chi connectivity index (χ4v) is 12.8. The van der Waals surface area contributed by atoms with E-state index in [1.807, 2.05) is 13.8 Å². The van der Waals surface area contributed by atoms with E-state index in [0.29, 0.717) is 0 Å². The summed E-state index contributed by atoms with van der Waals surface area (Å²) < 4.78 is 0. The lowest BCUT2D eigenvalue weighted by molar-refractivity contribution is 0.615. The SMILES string of the molecule is CC.CC1(C)c2ccccc2N(c2ccccc2)c2cc3c(cc21)N(c1cccc(N2c4ccccc4C(C)(C)c4cc5c(cc42)C(C)(C)c2ccccc2N5c2ccccc2)c1)c1ccccc1C3(C)C. The smallest absolute Gasteiger partial charge is 0.0507 e. The lowest BCUT2D eigenvalue weighted by Gasteiger charge is -2.47. The molecule has 9 aromatic rings. The van der Waals surface area contributed by atoms with E-state index in [1.54, 1.807) is 0 Å². The largest absolute Gasteiger partial charge is 0.310 e. The third kappa shape index (κ3) is 6.43. The van der Waals surface area contributed by atoms with Gasteiger partial charge in [-0.25, -0.2) is 0 Å². The normalized spacial score (nSPS) is 16.5. The van der Waals surface area contributed by atoms with Gasteiger partial charge in [0.1, 0.15) is 0 Å². The van der Waals surface area contributed by atoms with Crippen LogP contribution in [-0.4, -0.2) is 0 Å². The number of hydrogen-bond donors (Lipinski definition) is 0. The summed E-state index contributed by atoms with van der Waals surface area (Å²) in [6.07, 6.45) is 0. The van der Waals surface area contributed by atoms with Crippen LogP contribution in [0.4, 0.5) is 68.2 Å². The molecular weight excluding hydrogens is 873 g/mol. The van der Waals surface area contributed by atoms with Crippen LogP contribution >= 0.6 is 0 Å². The summed E-state index contributed by atoms with van der Waals surface area (Å²) in [5.41, 5.74) is 23.8. The topological polar surface area (TPSA) is 13.0 Å². The van der Waals surface area contributed by atoms with E-state index in [0.717, 1.165) is 22.7 Å². The molecule has 0 N–H and O–H groups in total. The summed E-state index contributed by atoms with van der Waals surface area (Å²) in [7, 11) is 0. The number of hydrogen-bond acceptors (Lipinski definition) is 4. The molecule has 0 bridgehead atoms. The third-order valence-corrected chi connectivity index (χ3v) is 16.5. The molecule has 4 heteroatoms. The Kier molecular flexibility index (Phi) is 10.3. The van der Waals surface area contributed by atoms with Gasteiger partial charge in [-0.05, 0) is 136 Å². The summed E-state index contributed by atoms with van der Waals surface area (Å²) in [4.78, 5) is 10.1. The molecule has 0 aliphatic carbocycles. The van der Waals surface area contributed by atoms with Crippen LogP contribution in [-0.2, 0) is 21.7 Å². The Hall–Kier alpha value is -7.82. The number of benzene rings is 9. The van der Waals surface area contributed by atoms with Crippen LogP contribution in [0.25, 0.3) is 0 Å². The molecule has 0 amide bonds. The third-order valence-electron chi connectivity index (χ3n) is 16.5. The molecule has 0 unspecified atom stereocenters. The predicted molar refractivity (Wildman–Crippen MR) is 305 cm³/mol. The molecule has 0 saturated heterocycles. The van der Waals surface area contributed by atoms with Gasteiger partial charge in [0.2, 0.25) is 0 Å².